The van der Waals surface area contributed by atoms with E-state index in [1.165, 1.54) is 25.7 Å². The van der Waals surface area contributed by atoms with E-state index in [0.717, 1.165) is 17.2 Å². The predicted molar refractivity (Wildman–Crippen MR) is 75.1 cm³/mol. The van der Waals surface area contributed by atoms with Crippen LogP contribution < -0.4 is 5.32 Å². The Labute approximate surface area is 110 Å². The molecule has 1 aromatic rings. The molecule has 0 radical (unpaired) electrons. The third-order valence-electron chi connectivity index (χ3n) is 3.39. The minimum absolute atomic E-state index is 0.302. The van der Waals surface area contributed by atoms with Gasteiger partial charge in [-0.15, -0.1) is 11.3 Å². The first-order chi connectivity index (χ1) is 8.33. The molecule has 96 valence electrons. The highest BCUT2D eigenvalue weighted by Crippen LogP contribution is 2.27. The quantitative estimate of drug-likeness (QED) is 0.852. The van der Waals surface area contributed by atoms with Gasteiger partial charge in [0, 0.05) is 6.04 Å². The van der Waals surface area contributed by atoms with Crippen LogP contribution in [0.5, 0.6) is 0 Å². The molecule has 0 saturated heterocycles. The lowest BCUT2D eigenvalue weighted by atomic mass is 10.1. The summed E-state index contributed by atoms with van der Waals surface area (Å²) in [6.07, 6.45) is 6.07. The van der Waals surface area contributed by atoms with Crippen LogP contribution in [0.4, 0.5) is 0 Å². The van der Waals surface area contributed by atoms with E-state index < -0.39 is 10.8 Å². The zero-order valence-electron chi connectivity index (χ0n) is 10.4. The average Bonchev–Trinajstić information content (AvgIpc) is 2.77. The monoisotopic (exact) mass is 271 g/mol. The Kier molecular flexibility index (Phi) is 5.19. The van der Waals surface area contributed by atoms with Gasteiger partial charge in [-0.1, -0.05) is 32.3 Å². The Balaban J connectivity index is 2.11. The van der Waals surface area contributed by atoms with Crippen molar-refractivity contribution >= 4 is 22.1 Å². The van der Waals surface area contributed by atoms with Crippen molar-refractivity contribution in [2.75, 3.05) is 6.54 Å². The fraction of sp³-hybridized carbons (Fsp3) is 0.692. The largest absolute Gasteiger partial charge is 0.313 e. The molecular weight excluding hydrogens is 250 g/mol. The Morgan fingerprint density at radius 3 is 2.94 bits per heavy atom. The SMILES string of the molecule is CCNC1CCCCCC1S(=O)c1cccs1. The number of rotatable bonds is 4. The minimum atomic E-state index is -0.825. The lowest BCUT2D eigenvalue weighted by Gasteiger charge is -2.24. The van der Waals surface area contributed by atoms with E-state index >= 15 is 0 Å². The van der Waals surface area contributed by atoms with Gasteiger partial charge in [0.05, 0.1) is 20.3 Å². The van der Waals surface area contributed by atoms with Crippen LogP contribution in [-0.2, 0) is 10.8 Å². The molecule has 1 N–H and O–H groups in total. The highest BCUT2D eigenvalue weighted by molar-refractivity contribution is 7.88. The molecule has 3 unspecified atom stereocenters. The lowest BCUT2D eigenvalue weighted by molar-refractivity contribution is 0.475. The third kappa shape index (κ3) is 3.39. The minimum Gasteiger partial charge on any atom is -0.313 e. The maximum atomic E-state index is 12.6. The van der Waals surface area contributed by atoms with Gasteiger partial charge in [-0.05, 0) is 30.8 Å². The van der Waals surface area contributed by atoms with Crippen LogP contribution in [0.1, 0.15) is 39.0 Å². The van der Waals surface area contributed by atoms with Crippen molar-refractivity contribution in [1.29, 1.82) is 0 Å². The Morgan fingerprint density at radius 1 is 1.41 bits per heavy atom. The Morgan fingerprint density at radius 2 is 2.24 bits per heavy atom. The summed E-state index contributed by atoms with van der Waals surface area (Å²) in [5, 5.41) is 5.85. The van der Waals surface area contributed by atoms with Crippen LogP contribution in [0, 0.1) is 0 Å². The molecule has 2 nitrogen and oxygen atoms in total. The summed E-state index contributed by atoms with van der Waals surface area (Å²) in [4.78, 5) is 0. The molecule has 3 atom stereocenters. The van der Waals surface area contributed by atoms with E-state index in [1.807, 2.05) is 17.5 Å². The summed E-state index contributed by atoms with van der Waals surface area (Å²) in [6.45, 7) is 3.11. The van der Waals surface area contributed by atoms with Crippen molar-refractivity contribution in [1.82, 2.24) is 5.32 Å². The molecule has 0 bridgehead atoms. The van der Waals surface area contributed by atoms with Crippen molar-refractivity contribution in [2.24, 2.45) is 0 Å². The highest BCUT2D eigenvalue weighted by Gasteiger charge is 2.29. The zero-order chi connectivity index (χ0) is 12.1. The third-order valence-corrected chi connectivity index (χ3v) is 6.48. The lowest BCUT2D eigenvalue weighted by Crippen LogP contribution is -2.41. The summed E-state index contributed by atoms with van der Waals surface area (Å²) in [5.74, 6) is 0. The average molecular weight is 271 g/mol. The first kappa shape index (κ1) is 13.2. The van der Waals surface area contributed by atoms with Crippen molar-refractivity contribution in [3.05, 3.63) is 17.5 Å². The molecular formula is C13H21NOS2. The molecule has 0 aromatic carbocycles. The highest BCUT2D eigenvalue weighted by atomic mass is 32.2. The molecule has 1 aliphatic rings. The molecule has 1 fully saturated rings. The molecule has 0 aliphatic heterocycles. The van der Waals surface area contributed by atoms with E-state index in [9.17, 15) is 4.21 Å². The first-order valence-electron chi connectivity index (χ1n) is 6.50. The molecule has 0 spiro atoms. The van der Waals surface area contributed by atoms with Crippen LogP contribution in [0.25, 0.3) is 0 Å². The summed E-state index contributed by atoms with van der Waals surface area (Å²) < 4.78 is 13.6. The molecule has 1 aliphatic carbocycles. The second-order valence-electron chi connectivity index (χ2n) is 4.57. The molecule has 2 rings (SSSR count). The number of nitrogens with one attached hydrogen (secondary N) is 1. The summed E-state index contributed by atoms with van der Waals surface area (Å²) >= 11 is 1.62. The van der Waals surface area contributed by atoms with Crippen LogP contribution in [0.3, 0.4) is 0 Å². The molecule has 17 heavy (non-hydrogen) atoms. The van der Waals surface area contributed by atoms with Gasteiger partial charge in [-0.2, -0.15) is 0 Å². The molecule has 0 amide bonds. The smallest absolute Gasteiger partial charge is 0.0914 e. The van der Waals surface area contributed by atoms with Crippen molar-refractivity contribution in [3.63, 3.8) is 0 Å². The molecule has 4 heteroatoms. The topological polar surface area (TPSA) is 29.1 Å². The summed E-state index contributed by atoms with van der Waals surface area (Å²) in [6, 6.07) is 4.44. The Bertz CT molecular complexity index is 350. The second-order valence-corrected chi connectivity index (χ2v) is 7.42. The normalized spacial score (nSPS) is 27.6. The van der Waals surface area contributed by atoms with Gasteiger partial charge in [0.2, 0.25) is 0 Å². The van der Waals surface area contributed by atoms with Gasteiger partial charge in [0.15, 0.2) is 0 Å². The summed E-state index contributed by atoms with van der Waals surface area (Å²) in [5.41, 5.74) is 0. The summed E-state index contributed by atoms with van der Waals surface area (Å²) in [7, 11) is -0.825. The van der Waals surface area contributed by atoms with Gasteiger partial charge in [0.25, 0.3) is 0 Å². The van der Waals surface area contributed by atoms with Crippen LogP contribution in [-0.4, -0.2) is 22.0 Å². The van der Waals surface area contributed by atoms with E-state index in [4.69, 9.17) is 0 Å². The number of hydrogen-bond acceptors (Lipinski definition) is 3. The first-order valence-corrected chi connectivity index (χ1v) is 8.59. The molecule has 1 aromatic heterocycles. The van der Waals surface area contributed by atoms with Crippen LogP contribution in [0.2, 0.25) is 0 Å². The van der Waals surface area contributed by atoms with E-state index in [2.05, 4.69) is 12.2 Å². The number of hydrogen-bond donors (Lipinski definition) is 1. The molecule has 1 saturated carbocycles. The fourth-order valence-corrected chi connectivity index (χ4v) is 5.34. The zero-order valence-corrected chi connectivity index (χ0v) is 12.0. The van der Waals surface area contributed by atoms with Crippen LogP contribution in [0.15, 0.2) is 21.7 Å². The van der Waals surface area contributed by atoms with Gasteiger partial charge >= 0.3 is 0 Å². The van der Waals surface area contributed by atoms with E-state index in [1.54, 1.807) is 11.3 Å². The van der Waals surface area contributed by atoms with E-state index in [0.29, 0.717) is 11.3 Å². The predicted octanol–water partition coefficient (Wildman–Crippen LogP) is 3.17. The molecule has 1 heterocycles. The van der Waals surface area contributed by atoms with Gasteiger partial charge < -0.3 is 5.32 Å². The van der Waals surface area contributed by atoms with Gasteiger partial charge in [-0.25, -0.2) is 0 Å². The maximum Gasteiger partial charge on any atom is 0.0914 e. The standard InChI is InChI=1S/C13H21NOS2/c1-2-14-11-7-4-3-5-8-12(11)17(15)13-9-6-10-16-13/h6,9-12,14H,2-5,7-8H2,1H3. The van der Waals surface area contributed by atoms with Gasteiger partial charge in [-0.3, -0.25) is 4.21 Å². The number of thiophene rings is 1. The van der Waals surface area contributed by atoms with Crippen molar-refractivity contribution in [2.45, 2.75) is 54.5 Å². The van der Waals surface area contributed by atoms with E-state index in [-0.39, 0.29) is 0 Å². The van der Waals surface area contributed by atoms with Gasteiger partial charge in [0.1, 0.15) is 0 Å². The second kappa shape index (κ2) is 6.66. The Hall–Kier alpha value is -0.190. The van der Waals surface area contributed by atoms with Crippen LogP contribution >= 0.6 is 11.3 Å². The van der Waals surface area contributed by atoms with Crippen molar-refractivity contribution in [3.8, 4) is 0 Å². The fourth-order valence-electron chi connectivity index (χ4n) is 2.55. The van der Waals surface area contributed by atoms with Crippen molar-refractivity contribution < 1.29 is 4.21 Å². The maximum absolute atomic E-state index is 12.6.